The maximum Gasteiger partial charge on any atom is 0.269 e. The molecule has 0 aliphatic carbocycles. The van der Waals surface area contributed by atoms with E-state index in [2.05, 4.69) is 0 Å². The summed E-state index contributed by atoms with van der Waals surface area (Å²) < 4.78 is 17.2. The molecule has 222 valence electrons. The molecule has 3 aromatic rings. The SMILES string of the molecule is NC(=O)c1ccc(OCC[NH+](CCOc2ccc(C(N)=O)cc2)CC(O)COc2ccc([N+](=O)[O-])cc2)cc1.O.[Br-]. The summed E-state index contributed by atoms with van der Waals surface area (Å²) in [5.41, 5.74) is 11.2. The number of primary amides is 2. The van der Waals surface area contributed by atoms with Crippen molar-refractivity contribution in [1.29, 1.82) is 0 Å². The van der Waals surface area contributed by atoms with Crippen molar-refractivity contribution in [3.05, 3.63) is 94.0 Å². The highest BCUT2D eigenvalue weighted by molar-refractivity contribution is 5.93. The molecular weight excluding hydrogens is 604 g/mol. The van der Waals surface area contributed by atoms with Crippen LogP contribution in [0.2, 0.25) is 0 Å². The number of hydrogen-bond acceptors (Lipinski definition) is 8. The Morgan fingerprint density at radius 3 is 1.56 bits per heavy atom. The van der Waals surface area contributed by atoms with Crippen LogP contribution in [-0.2, 0) is 0 Å². The summed E-state index contributed by atoms with van der Waals surface area (Å²) in [6, 6.07) is 18.6. The molecule has 0 heterocycles. The second-order valence-corrected chi connectivity index (χ2v) is 8.64. The average molecular weight is 637 g/mol. The molecule has 0 saturated carbocycles. The monoisotopic (exact) mass is 636 g/mol. The van der Waals surface area contributed by atoms with Gasteiger partial charge in [-0.1, -0.05) is 0 Å². The van der Waals surface area contributed by atoms with Gasteiger partial charge in [0.1, 0.15) is 62.8 Å². The van der Waals surface area contributed by atoms with E-state index in [1.54, 1.807) is 48.5 Å². The van der Waals surface area contributed by atoms with Crippen LogP contribution in [0.3, 0.4) is 0 Å². The van der Waals surface area contributed by atoms with Crippen molar-refractivity contribution in [2.75, 3.05) is 39.5 Å². The molecular formula is C27H33BrN4O9. The van der Waals surface area contributed by atoms with Gasteiger partial charge in [-0.15, -0.1) is 0 Å². The number of non-ortho nitro benzene ring substituents is 1. The molecule has 0 aliphatic rings. The zero-order valence-corrected chi connectivity index (χ0v) is 23.6. The molecule has 2 amide bonds. The summed E-state index contributed by atoms with van der Waals surface area (Å²) in [6.45, 7) is 2.02. The number of ether oxygens (including phenoxy) is 3. The maximum absolute atomic E-state index is 11.2. The van der Waals surface area contributed by atoms with Crippen molar-refractivity contribution in [3.63, 3.8) is 0 Å². The van der Waals surface area contributed by atoms with Gasteiger partial charge in [0.05, 0.1) is 4.92 Å². The van der Waals surface area contributed by atoms with Crippen molar-refractivity contribution in [2.24, 2.45) is 11.5 Å². The Bertz CT molecular complexity index is 1180. The third-order valence-electron chi connectivity index (χ3n) is 5.74. The molecule has 3 rings (SSSR count). The number of carbonyl (C=O) groups excluding carboxylic acids is 2. The van der Waals surface area contributed by atoms with Crippen molar-refractivity contribution in [1.82, 2.24) is 0 Å². The van der Waals surface area contributed by atoms with E-state index in [4.69, 9.17) is 25.7 Å². The third kappa shape index (κ3) is 11.8. The first-order chi connectivity index (χ1) is 18.7. The average Bonchev–Trinajstić information content (AvgIpc) is 2.92. The largest absolute Gasteiger partial charge is 1.00 e. The molecule has 0 spiro atoms. The van der Waals surface area contributed by atoms with Crippen molar-refractivity contribution < 1.29 is 61.2 Å². The number of nitro groups is 1. The predicted octanol–water partition coefficient (Wildman–Crippen LogP) is -3.25. The van der Waals surface area contributed by atoms with Gasteiger partial charge in [-0.2, -0.15) is 0 Å². The first-order valence-electron chi connectivity index (χ1n) is 12.2. The van der Waals surface area contributed by atoms with E-state index in [-0.39, 0.29) is 34.8 Å². The van der Waals surface area contributed by atoms with Gasteiger partial charge < -0.3 is 58.1 Å². The van der Waals surface area contributed by atoms with Crippen molar-refractivity contribution in [3.8, 4) is 17.2 Å². The molecule has 0 radical (unpaired) electrons. The lowest BCUT2D eigenvalue weighted by atomic mass is 10.2. The number of nitrogens with two attached hydrogens (primary N) is 2. The van der Waals surface area contributed by atoms with Crippen LogP contribution in [0.1, 0.15) is 20.7 Å². The molecule has 13 nitrogen and oxygen atoms in total. The second kappa shape index (κ2) is 17.5. The Hall–Kier alpha value is -4.24. The van der Waals surface area contributed by atoms with E-state index in [0.717, 1.165) is 4.90 Å². The molecule has 0 bridgehead atoms. The summed E-state index contributed by atoms with van der Waals surface area (Å²) >= 11 is 0. The number of nitrogens with one attached hydrogen (secondary N) is 1. The van der Waals surface area contributed by atoms with Gasteiger partial charge in [-0.05, 0) is 60.7 Å². The van der Waals surface area contributed by atoms with Gasteiger partial charge in [0.2, 0.25) is 11.8 Å². The second-order valence-electron chi connectivity index (χ2n) is 8.64. The highest BCUT2D eigenvalue weighted by Gasteiger charge is 2.17. The molecule has 0 fully saturated rings. The van der Waals surface area contributed by atoms with Gasteiger partial charge in [-0.25, -0.2) is 0 Å². The van der Waals surface area contributed by atoms with Crippen LogP contribution < -0.4 is 47.6 Å². The van der Waals surface area contributed by atoms with Gasteiger partial charge in [0, 0.05) is 23.3 Å². The number of amides is 2. The smallest absolute Gasteiger partial charge is 0.269 e. The number of nitro benzene ring substituents is 1. The number of nitrogens with zero attached hydrogens (tertiary/aromatic N) is 1. The van der Waals surface area contributed by atoms with E-state index >= 15 is 0 Å². The van der Waals surface area contributed by atoms with Gasteiger partial charge in [0.15, 0.2) is 0 Å². The van der Waals surface area contributed by atoms with E-state index in [0.29, 0.717) is 61.2 Å². The Balaban J connectivity index is 0.00000420. The zero-order valence-electron chi connectivity index (χ0n) is 22.0. The standard InChI is InChI=1S/C27H30N4O8.BrH.H2O/c28-26(33)19-1-7-23(8-2-19)37-15-13-30(14-16-38-24-9-3-20(4-10-24)27(29)34)17-22(32)18-39-25-11-5-21(6-12-25)31(35)36;;/h1-12,22,32H,13-18H2,(H2,28,33)(H2,29,34);1H;1H2. The quantitative estimate of drug-likeness (QED) is 0.0923. The molecule has 0 saturated heterocycles. The minimum absolute atomic E-state index is 0. The van der Waals surface area contributed by atoms with E-state index in [1.165, 1.54) is 24.3 Å². The Morgan fingerprint density at radius 2 is 1.17 bits per heavy atom. The normalized spacial score (nSPS) is 11.0. The third-order valence-corrected chi connectivity index (χ3v) is 5.74. The van der Waals surface area contributed by atoms with Crippen LogP contribution in [0.15, 0.2) is 72.8 Å². The highest BCUT2D eigenvalue weighted by atomic mass is 79.9. The molecule has 8 N–H and O–H groups in total. The van der Waals surface area contributed by atoms with E-state index < -0.39 is 22.8 Å². The Kier molecular flexibility index (Phi) is 14.8. The number of benzene rings is 3. The van der Waals surface area contributed by atoms with E-state index in [9.17, 15) is 24.8 Å². The number of rotatable bonds is 16. The minimum atomic E-state index is -0.833. The zero-order chi connectivity index (χ0) is 28.2. The lowest BCUT2D eigenvalue weighted by molar-refractivity contribution is -0.903. The molecule has 41 heavy (non-hydrogen) atoms. The number of halogens is 1. The summed E-state index contributed by atoms with van der Waals surface area (Å²) in [5, 5.41) is 21.4. The first kappa shape index (κ1) is 34.8. The predicted molar refractivity (Wildman–Crippen MR) is 145 cm³/mol. The topological polar surface area (TPSA) is 213 Å². The molecule has 14 heteroatoms. The van der Waals surface area contributed by atoms with Crippen LogP contribution in [0.5, 0.6) is 17.2 Å². The summed E-state index contributed by atoms with van der Waals surface area (Å²) in [6.07, 6.45) is -0.833. The molecule has 0 aliphatic heterocycles. The van der Waals surface area contributed by atoms with Gasteiger partial charge in [-0.3, -0.25) is 19.7 Å². The fourth-order valence-electron chi connectivity index (χ4n) is 3.64. The lowest BCUT2D eigenvalue weighted by Crippen LogP contribution is -3.14. The van der Waals surface area contributed by atoms with Crippen LogP contribution in [-0.4, -0.2) is 72.9 Å². The van der Waals surface area contributed by atoms with Crippen LogP contribution in [0.25, 0.3) is 0 Å². The van der Waals surface area contributed by atoms with Crippen molar-refractivity contribution >= 4 is 17.5 Å². The molecule has 0 aromatic heterocycles. The van der Waals surface area contributed by atoms with Crippen LogP contribution in [0.4, 0.5) is 5.69 Å². The highest BCUT2D eigenvalue weighted by Crippen LogP contribution is 2.17. The van der Waals surface area contributed by atoms with Crippen LogP contribution >= 0.6 is 0 Å². The number of quaternary nitrogens is 1. The number of hydrogen-bond donors (Lipinski definition) is 4. The number of carbonyl (C=O) groups is 2. The number of aliphatic hydroxyl groups is 1. The maximum atomic E-state index is 11.2. The summed E-state index contributed by atoms with van der Waals surface area (Å²) in [4.78, 5) is 33.7. The Morgan fingerprint density at radius 1 is 0.780 bits per heavy atom. The number of aliphatic hydroxyl groups excluding tert-OH is 1. The fourth-order valence-corrected chi connectivity index (χ4v) is 3.64. The van der Waals surface area contributed by atoms with Gasteiger partial charge >= 0.3 is 0 Å². The lowest BCUT2D eigenvalue weighted by Gasteiger charge is -2.23. The molecule has 1 atom stereocenters. The minimum Gasteiger partial charge on any atom is -1.00 e. The first-order valence-corrected chi connectivity index (χ1v) is 12.2. The Labute approximate surface area is 246 Å². The molecule has 1 unspecified atom stereocenters. The fraction of sp³-hybridized carbons (Fsp3) is 0.259. The summed E-state index contributed by atoms with van der Waals surface area (Å²) in [7, 11) is 0. The van der Waals surface area contributed by atoms with E-state index in [1.807, 2.05) is 0 Å². The molecule has 3 aromatic carbocycles. The van der Waals surface area contributed by atoms with Crippen LogP contribution in [0, 0.1) is 10.1 Å². The van der Waals surface area contributed by atoms with Crippen molar-refractivity contribution in [2.45, 2.75) is 6.10 Å². The van der Waals surface area contributed by atoms with Gasteiger partial charge in [0.25, 0.3) is 5.69 Å². The summed E-state index contributed by atoms with van der Waals surface area (Å²) in [5.74, 6) is 0.517.